The van der Waals surface area contributed by atoms with Crippen LogP contribution in [0.5, 0.6) is 5.75 Å². The number of phenols is 1. The lowest BCUT2D eigenvalue weighted by Crippen LogP contribution is -2.29. The van der Waals surface area contributed by atoms with Crippen molar-refractivity contribution >= 4 is 22.7 Å². The molecule has 0 bridgehead atoms. The summed E-state index contributed by atoms with van der Waals surface area (Å²) in [6.07, 6.45) is 0. The molecule has 0 saturated carbocycles. The second kappa shape index (κ2) is 15.5. The number of phenolic OH excluding ortho intramolecular Hbond substituents is 1. The molecule has 0 amide bonds. The number of hydrogen-bond donors (Lipinski definition) is 4. The predicted octanol–water partition coefficient (Wildman–Crippen LogP) is 9.25. The molecule has 0 fully saturated rings. The molecule has 6 aromatic rings. The highest BCUT2D eigenvalue weighted by Crippen LogP contribution is 2.43. The minimum Gasteiger partial charge on any atom is -0.508 e. The van der Waals surface area contributed by atoms with Crippen molar-refractivity contribution in [1.29, 1.82) is 0 Å². The van der Waals surface area contributed by atoms with Crippen LogP contribution in [-0.4, -0.2) is 38.4 Å². The van der Waals surface area contributed by atoms with Crippen LogP contribution < -0.4 is 21.3 Å². The first-order valence-electron chi connectivity index (χ1n) is 17.9. The number of benzene rings is 6. The molecule has 0 aliphatic carbocycles. The molecule has 0 spiro atoms. The largest absolute Gasteiger partial charge is 0.508 e. The van der Waals surface area contributed by atoms with Crippen molar-refractivity contribution in [3.63, 3.8) is 0 Å². The maximum atomic E-state index is 11.9. The van der Waals surface area contributed by atoms with Gasteiger partial charge in [0.05, 0.1) is 0 Å². The molecule has 0 heterocycles. The molecule has 0 radical (unpaired) electrons. The normalized spacial score (nSPS) is 11.4. The zero-order valence-corrected chi connectivity index (χ0v) is 32.6. The third-order valence-corrected chi connectivity index (χ3v) is 10.6. The van der Waals surface area contributed by atoms with Gasteiger partial charge in [-0.1, -0.05) is 91.0 Å². The lowest BCUT2D eigenvalue weighted by molar-refractivity contribution is 0.126. The highest BCUT2D eigenvalue weighted by atomic mass is 16.3. The van der Waals surface area contributed by atoms with Crippen molar-refractivity contribution in [2.45, 2.75) is 45.6 Å². The summed E-state index contributed by atoms with van der Waals surface area (Å²) in [5.41, 5.74) is 25.0. The van der Waals surface area contributed by atoms with Gasteiger partial charge < -0.3 is 31.5 Å². The first-order chi connectivity index (χ1) is 25.1. The zero-order chi connectivity index (χ0) is 38.7. The van der Waals surface area contributed by atoms with Crippen molar-refractivity contribution in [2.75, 3.05) is 49.5 Å². The molecule has 274 valence electrons. The first kappa shape index (κ1) is 38.5. The second-order valence-corrected chi connectivity index (χ2v) is 14.7. The molecule has 6 rings (SSSR count). The molecular formula is C47H54N4O2. The van der Waals surface area contributed by atoms with Gasteiger partial charge in [-0.3, -0.25) is 0 Å². The van der Waals surface area contributed by atoms with Crippen molar-refractivity contribution in [3.8, 4) is 5.75 Å². The van der Waals surface area contributed by atoms with Crippen LogP contribution >= 0.6 is 0 Å². The molecule has 0 atom stereocenters. The van der Waals surface area contributed by atoms with E-state index in [0.717, 1.165) is 67.3 Å². The smallest absolute Gasteiger partial charge is 0.140 e. The summed E-state index contributed by atoms with van der Waals surface area (Å²) in [5, 5.41) is 21.6. The molecule has 6 aromatic carbocycles. The molecule has 6 nitrogen and oxygen atoms in total. The van der Waals surface area contributed by atoms with Gasteiger partial charge in [-0.15, -0.1) is 0 Å². The Morgan fingerprint density at radius 1 is 0.453 bits per heavy atom. The van der Waals surface area contributed by atoms with Crippen molar-refractivity contribution in [2.24, 2.45) is 0 Å². The van der Waals surface area contributed by atoms with E-state index in [4.69, 9.17) is 11.5 Å². The number of aromatic hydroxyl groups is 1. The van der Waals surface area contributed by atoms with E-state index in [2.05, 4.69) is 41.0 Å². The third kappa shape index (κ3) is 7.74. The van der Waals surface area contributed by atoms with Crippen LogP contribution in [0.15, 0.2) is 127 Å². The molecule has 0 aliphatic heterocycles. The van der Waals surface area contributed by atoms with Crippen LogP contribution in [0.2, 0.25) is 0 Å². The number of nitrogen functional groups attached to an aromatic ring is 2. The fraction of sp³-hybridized carbons (Fsp3) is 0.234. The van der Waals surface area contributed by atoms with Crippen molar-refractivity contribution in [1.82, 2.24) is 0 Å². The van der Waals surface area contributed by atoms with Crippen molar-refractivity contribution < 1.29 is 10.2 Å². The average molecular weight is 707 g/mol. The highest BCUT2D eigenvalue weighted by molar-refractivity contribution is 5.63. The Bertz CT molecular complexity index is 2000. The second-order valence-electron chi connectivity index (χ2n) is 14.7. The molecule has 0 saturated heterocycles. The van der Waals surface area contributed by atoms with E-state index in [0.29, 0.717) is 0 Å². The minimum absolute atomic E-state index is 0.260. The Hall–Kier alpha value is -5.72. The third-order valence-electron chi connectivity index (χ3n) is 10.6. The van der Waals surface area contributed by atoms with Gasteiger partial charge in [0.15, 0.2) is 0 Å². The zero-order valence-electron chi connectivity index (χ0n) is 32.6. The summed E-state index contributed by atoms with van der Waals surface area (Å²) < 4.78 is 0. The lowest BCUT2D eigenvalue weighted by Gasteiger charge is -2.33. The summed E-state index contributed by atoms with van der Waals surface area (Å²) in [7, 11) is 8.05. The number of nitrogens with two attached hydrogens (primary N) is 2. The van der Waals surface area contributed by atoms with Gasteiger partial charge >= 0.3 is 0 Å². The van der Waals surface area contributed by atoms with Gasteiger partial charge in [-0.2, -0.15) is 0 Å². The van der Waals surface area contributed by atoms with E-state index < -0.39 is 11.0 Å². The van der Waals surface area contributed by atoms with E-state index >= 15 is 0 Å². The molecule has 6 N–H and O–H groups in total. The Labute approximate surface area is 316 Å². The lowest BCUT2D eigenvalue weighted by atomic mass is 9.69. The monoisotopic (exact) mass is 706 g/mol. The summed E-state index contributed by atoms with van der Waals surface area (Å²) >= 11 is 0. The van der Waals surface area contributed by atoms with E-state index in [9.17, 15) is 10.2 Å². The van der Waals surface area contributed by atoms with Gasteiger partial charge in [0.1, 0.15) is 11.4 Å². The van der Waals surface area contributed by atoms with Gasteiger partial charge in [0.2, 0.25) is 0 Å². The van der Waals surface area contributed by atoms with Crippen LogP contribution in [-0.2, 0) is 11.0 Å². The SMILES string of the molecule is CN(C)c1ccc(C(O)(c2ccccc2)c2ccc(N(C)C)cc2)cc1.Cc1cc(C(C)(c2ccc(O)cc2)c2cc(C)c(N)c(C)c2)cc(C)c1N. The van der Waals surface area contributed by atoms with Gasteiger partial charge in [-0.25, -0.2) is 0 Å². The van der Waals surface area contributed by atoms with Crippen molar-refractivity contribution in [3.05, 3.63) is 183 Å². The fourth-order valence-electron chi connectivity index (χ4n) is 7.00. The molecule has 6 heteroatoms. The number of anilines is 4. The Balaban J connectivity index is 0.000000204. The molecule has 0 unspecified atom stereocenters. The Morgan fingerprint density at radius 3 is 1.11 bits per heavy atom. The number of aliphatic hydroxyl groups is 1. The Morgan fingerprint density at radius 2 is 0.774 bits per heavy atom. The fourth-order valence-corrected chi connectivity index (χ4v) is 7.00. The van der Waals surface area contributed by atoms with Gasteiger partial charge in [-0.05, 0) is 127 Å². The first-order valence-corrected chi connectivity index (χ1v) is 17.9. The number of rotatable bonds is 8. The highest BCUT2D eigenvalue weighted by Gasteiger charge is 2.34. The number of aryl methyl sites for hydroxylation is 4. The topological polar surface area (TPSA) is 99.0 Å². The quantitative estimate of drug-likeness (QED) is 0.0931. The molecular weight excluding hydrogens is 653 g/mol. The standard InChI is InChI=1S/C24H28N2O.C23H26N2O/c1-14-10-19(11-15(2)22(14)25)24(5,18-6-8-21(27)9-7-18)20-12-16(3)23(26)17(4)13-20;1-24(2)21-14-10-19(11-15-21)23(26,18-8-6-5-7-9-18)20-12-16-22(17-13-20)25(3)4/h6-13,27H,25-26H2,1-5H3;5-17,26H,1-4H3. The predicted molar refractivity (Wildman–Crippen MR) is 224 cm³/mol. The summed E-state index contributed by atoms with van der Waals surface area (Å²) in [6.45, 7) is 10.4. The van der Waals surface area contributed by atoms with Gasteiger partial charge in [0.25, 0.3) is 0 Å². The van der Waals surface area contributed by atoms with E-state index in [1.54, 1.807) is 12.1 Å². The van der Waals surface area contributed by atoms with E-state index in [1.807, 2.05) is 147 Å². The van der Waals surface area contributed by atoms with Crippen LogP contribution in [0.1, 0.15) is 62.6 Å². The molecule has 0 aromatic heterocycles. The van der Waals surface area contributed by atoms with Crippen LogP contribution in [0.4, 0.5) is 22.7 Å². The van der Waals surface area contributed by atoms with E-state index in [1.165, 1.54) is 11.1 Å². The maximum Gasteiger partial charge on any atom is 0.140 e. The van der Waals surface area contributed by atoms with Crippen LogP contribution in [0, 0.1) is 27.7 Å². The minimum atomic E-state index is -1.20. The summed E-state index contributed by atoms with van der Waals surface area (Å²) in [5.74, 6) is 0.260. The summed E-state index contributed by atoms with van der Waals surface area (Å²) in [4.78, 5) is 4.11. The average Bonchev–Trinajstić information content (AvgIpc) is 3.16. The van der Waals surface area contributed by atoms with Crippen LogP contribution in [0.3, 0.4) is 0 Å². The number of hydrogen-bond acceptors (Lipinski definition) is 6. The molecule has 53 heavy (non-hydrogen) atoms. The summed E-state index contributed by atoms with van der Waals surface area (Å²) in [6, 6.07) is 42.1. The van der Waals surface area contributed by atoms with E-state index in [-0.39, 0.29) is 5.75 Å². The Kier molecular flexibility index (Phi) is 11.3. The van der Waals surface area contributed by atoms with Crippen LogP contribution in [0.25, 0.3) is 0 Å². The molecule has 0 aliphatic rings. The maximum absolute atomic E-state index is 11.9. The number of nitrogens with zero attached hydrogens (tertiary/aromatic N) is 2. The van der Waals surface area contributed by atoms with Gasteiger partial charge in [0, 0.05) is 56.4 Å².